The van der Waals surface area contributed by atoms with Crippen molar-refractivity contribution in [3.05, 3.63) is 105 Å². The van der Waals surface area contributed by atoms with Crippen LogP contribution in [-0.4, -0.2) is 46.5 Å². The highest BCUT2D eigenvalue weighted by Crippen LogP contribution is 2.33. The third-order valence-corrected chi connectivity index (χ3v) is 5.03. The van der Waals surface area contributed by atoms with E-state index in [0.29, 0.717) is 0 Å². The second-order valence-corrected chi connectivity index (χ2v) is 7.23. The summed E-state index contributed by atoms with van der Waals surface area (Å²) in [5, 5.41) is 0. The number of esters is 2. The number of aromatic nitrogens is 2. The van der Waals surface area contributed by atoms with E-state index in [1.807, 2.05) is 4.98 Å². The van der Waals surface area contributed by atoms with Crippen LogP contribution >= 0.6 is 0 Å². The van der Waals surface area contributed by atoms with Crippen molar-refractivity contribution in [2.75, 3.05) is 6.61 Å². The Hall–Kier alpha value is -4.05. The van der Waals surface area contributed by atoms with Crippen LogP contribution < -0.4 is 11.2 Å². The number of rotatable bonds is 6. The van der Waals surface area contributed by atoms with Gasteiger partial charge in [0.15, 0.2) is 18.5 Å². The van der Waals surface area contributed by atoms with Crippen molar-refractivity contribution in [2.24, 2.45) is 0 Å². The number of H-pyrrole nitrogens is 1. The standard InChI is InChI=1S/C23H19FN2O7/c24-18-19(33-22(29)15-9-5-2-6-10-15)16(13-31-21(28)14-7-3-1-4-8-14)32-20(18)26-12-11-17(27)25-23(26)30/h1-12,16,18-20H,13H2,(H,25,27,30)/t16-,18+,19+,20-/m1/s1. The first-order chi connectivity index (χ1) is 15.9. The first kappa shape index (κ1) is 22.2. The Morgan fingerprint density at radius 2 is 1.55 bits per heavy atom. The molecule has 33 heavy (non-hydrogen) atoms. The van der Waals surface area contributed by atoms with Crippen molar-refractivity contribution < 1.29 is 28.2 Å². The summed E-state index contributed by atoms with van der Waals surface area (Å²) in [6.45, 7) is -0.435. The third kappa shape index (κ3) is 4.90. The zero-order valence-corrected chi connectivity index (χ0v) is 17.1. The molecule has 0 unspecified atom stereocenters. The molecule has 0 bridgehead atoms. The summed E-state index contributed by atoms with van der Waals surface area (Å²) in [5.74, 6) is -1.48. The van der Waals surface area contributed by atoms with Gasteiger partial charge in [-0.1, -0.05) is 36.4 Å². The monoisotopic (exact) mass is 454 g/mol. The lowest BCUT2D eigenvalue weighted by Gasteiger charge is -2.19. The van der Waals surface area contributed by atoms with E-state index in [1.165, 1.54) is 12.1 Å². The van der Waals surface area contributed by atoms with E-state index in [2.05, 4.69) is 0 Å². The van der Waals surface area contributed by atoms with Gasteiger partial charge in [0.05, 0.1) is 11.1 Å². The molecule has 10 heteroatoms. The molecule has 9 nitrogen and oxygen atoms in total. The van der Waals surface area contributed by atoms with E-state index in [-0.39, 0.29) is 11.1 Å². The first-order valence-electron chi connectivity index (χ1n) is 10.0. The van der Waals surface area contributed by atoms with Gasteiger partial charge in [-0.3, -0.25) is 14.3 Å². The van der Waals surface area contributed by atoms with Crippen LogP contribution in [0.4, 0.5) is 4.39 Å². The predicted octanol–water partition coefficient (Wildman–Crippen LogP) is 1.85. The highest BCUT2D eigenvalue weighted by molar-refractivity contribution is 5.90. The summed E-state index contributed by atoms with van der Waals surface area (Å²) in [4.78, 5) is 50.4. The Labute approximate surface area is 186 Å². The molecule has 1 aliphatic rings. The molecule has 0 spiro atoms. The van der Waals surface area contributed by atoms with Crippen molar-refractivity contribution in [1.29, 1.82) is 0 Å². The molecule has 4 atom stereocenters. The topological polar surface area (TPSA) is 117 Å². The highest BCUT2D eigenvalue weighted by atomic mass is 19.1. The van der Waals surface area contributed by atoms with Crippen molar-refractivity contribution >= 4 is 11.9 Å². The molecule has 0 radical (unpaired) electrons. The Balaban J connectivity index is 1.56. The van der Waals surface area contributed by atoms with E-state index in [4.69, 9.17) is 14.2 Å². The van der Waals surface area contributed by atoms with E-state index in [1.54, 1.807) is 48.5 Å². The van der Waals surface area contributed by atoms with E-state index in [0.717, 1.165) is 16.8 Å². The number of benzene rings is 2. The first-order valence-corrected chi connectivity index (χ1v) is 10.0. The van der Waals surface area contributed by atoms with Gasteiger partial charge in [0, 0.05) is 12.3 Å². The van der Waals surface area contributed by atoms with Gasteiger partial charge in [0.1, 0.15) is 12.7 Å². The van der Waals surface area contributed by atoms with Gasteiger partial charge < -0.3 is 14.2 Å². The minimum Gasteiger partial charge on any atom is -0.459 e. The Kier molecular flexibility index (Phi) is 6.45. The molecule has 0 saturated carbocycles. The maximum Gasteiger partial charge on any atom is 0.338 e. The zero-order valence-electron chi connectivity index (χ0n) is 17.1. The molecular formula is C23H19FN2O7. The number of halogens is 1. The van der Waals surface area contributed by atoms with Crippen LogP contribution in [0.3, 0.4) is 0 Å². The lowest BCUT2D eigenvalue weighted by molar-refractivity contribution is -0.0592. The zero-order chi connectivity index (χ0) is 23.4. The maximum atomic E-state index is 15.4. The van der Waals surface area contributed by atoms with Crippen LogP contribution in [-0.2, 0) is 14.2 Å². The number of aromatic amines is 1. The molecule has 1 fully saturated rings. The van der Waals surface area contributed by atoms with Crippen LogP contribution in [0.5, 0.6) is 0 Å². The number of hydrogen-bond acceptors (Lipinski definition) is 7. The quantitative estimate of drug-likeness (QED) is 0.565. The third-order valence-electron chi connectivity index (χ3n) is 5.03. The van der Waals surface area contributed by atoms with Crippen molar-refractivity contribution in [3.63, 3.8) is 0 Å². The molecule has 2 heterocycles. The summed E-state index contributed by atoms with van der Waals surface area (Å²) in [6.07, 6.45) is -5.10. The van der Waals surface area contributed by atoms with Gasteiger partial charge in [0.25, 0.3) is 5.56 Å². The summed E-state index contributed by atoms with van der Waals surface area (Å²) in [7, 11) is 0. The second-order valence-electron chi connectivity index (χ2n) is 7.23. The largest absolute Gasteiger partial charge is 0.459 e. The average molecular weight is 454 g/mol. The van der Waals surface area contributed by atoms with Gasteiger partial charge >= 0.3 is 17.6 Å². The summed E-state index contributed by atoms with van der Waals surface area (Å²) < 4.78 is 32.5. The van der Waals surface area contributed by atoms with Crippen molar-refractivity contribution in [2.45, 2.75) is 24.6 Å². The van der Waals surface area contributed by atoms with E-state index >= 15 is 4.39 Å². The Bertz CT molecular complexity index is 1240. The van der Waals surface area contributed by atoms with Crippen LogP contribution in [0.15, 0.2) is 82.5 Å². The minimum atomic E-state index is -1.98. The highest BCUT2D eigenvalue weighted by Gasteiger charge is 2.49. The fourth-order valence-electron chi connectivity index (χ4n) is 3.40. The summed E-state index contributed by atoms with van der Waals surface area (Å²) in [5.41, 5.74) is -1.09. The molecule has 3 aromatic rings. The fourth-order valence-corrected chi connectivity index (χ4v) is 3.40. The molecule has 0 amide bonds. The van der Waals surface area contributed by atoms with Gasteiger partial charge in [-0.2, -0.15) is 0 Å². The number of carbonyl (C=O) groups is 2. The molecule has 1 aliphatic heterocycles. The van der Waals surface area contributed by atoms with Crippen molar-refractivity contribution in [1.82, 2.24) is 9.55 Å². The van der Waals surface area contributed by atoms with E-state index < -0.39 is 54.4 Å². The smallest absolute Gasteiger partial charge is 0.338 e. The molecule has 2 aromatic carbocycles. The summed E-state index contributed by atoms with van der Waals surface area (Å²) in [6, 6.07) is 17.1. The van der Waals surface area contributed by atoms with Gasteiger partial charge in [0.2, 0.25) is 0 Å². The molecule has 4 rings (SSSR count). The van der Waals surface area contributed by atoms with Crippen LogP contribution in [0.25, 0.3) is 0 Å². The number of nitrogens with zero attached hydrogens (tertiary/aromatic N) is 1. The second kappa shape index (κ2) is 9.61. The van der Waals surface area contributed by atoms with Crippen molar-refractivity contribution in [3.8, 4) is 0 Å². The number of nitrogens with one attached hydrogen (secondary N) is 1. The van der Waals surface area contributed by atoms with Gasteiger partial charge in [-0.15, -0.1) is 0 Å². The number of ether oxygens (including phenoxy) is 3. The van der Waals surface area contributed by atoms with Crippen LogP contribution in [0.1, 0.15) is 26.9 Å². The number of alkyl halides is 1. The maximum absolute atomic E-state index is 15.4. The summed E-state index contributed by atoms with van der Waals surface area (Å²) >= 11 is 0. The van der Waals surface area contributed by atoms with Gasteiger partial charge in [-0.25, -0.2) is 18.8 Å². The normalized spacial score (nSPS) is 22.0. The fraction of sp³-hybridized carbons (Fsp3) is 0.217. The predicted molar refractivity (Wildman–Crippen MR) is 112 cm³/mol. The number of carbonyl (C=O) groups excluding carboxylic acids is 2. The van der Waals surface area contributed by atoms with Gasteiger partial charge in [-0.05, 0) is 24.3 Å². The number of hydrogen-bond donors (Lipinski definition) is 1. The molecule has 1 N–H and O–H groups in total. The Morgan fingerprint density at radius 3 is 2.15 bits per heavy atom. The van der Waals surface area contributed by atoms with Crippen LogP contribution in [0.2, 0.25) is 0 Å². The lowest BCUT2D eigenvalue weighted by Crippen LogP contribution is -2.38. The Morgan fingerprint density at radius 1 is 0.939 bits per heavy atom. The van der Waals surface area contributed by atoms with E-state index in [9.17, 15) is 19.2 Å². The SMILES string of the molecule is O=C(OC[C@H]1O[C@@H](n2ccc(=O)[nH]c2=O)[C@@H](F)[C@H]1OC(=O)c1ccccc1)c1ccccc1. The molecular weight excluding hydrogens is 435 g/mol. The minimum absolute atomic E-state index is 0.189. The van der Waals surface area contributed by atoms with Crippen LogP contribution in [0, 0.1) is 0 Å². The molecule has 1 saturated heterocycles. The molecule has 170 valence electrons. The average Bonchev–Trinajstić information content (AvgIpc) is 3.13. The molecule has 0 aliphatic carbocycles. The molecule has 1 aromatic heterocycles. The lowest BCUT2D eigenvalue weighted by atomic mass is 10.1.